The standard InChI is InChI=1S/C18H25NO4/c1-4-14-5-6-17-15(11-14)16(12-23-17)18(21)19(13(2)3)7-9-22-10-8-20/h5-6,11-13,20H,4,7-10H2,1-3H3. The summed E-state index contributed by atoms with van der Waals surface area (Å²) in [6.07, 6.45) is 2.45. The number of hydrogen-bond donors (Lipinski definition) is 1. The number of rotatable bonds is 8. The van der Waals surface area contributed by atoms with E-state index >= 15 is 0 Å². The predicted octanol–water partition coefficient (Wildman–Crippen LogP) is 2.85. The van der Waals surface area contributed by atoms with E-state index in [-0.39, 0.29) is 25.2 Å². The molecule has 2 rings (SSSR count). The minimum atomic E-state index is -0.0559. The molecule has 1 heterocycles. The second-order valence-electron chi connectivity index (χ2n) is 5.76. The molecule has 0 aliphatic heterocycles. The van der Waals surface area contributed by atoms with Crippen LogP contribution in [0.1, 0.15) is 36.7 Å². The lowest BCUT2D eigenvalue weighted by atomic mass is 10.1. The molecule has 0 radical (unpaired) electrons. The van der Waals surface area contributed by atoms with E-state index in [0.29, 0.717) is 18.7 Å². The molecular weight excluding hydrogens is 294 g/mol. The second kappa shape index (κ2) is 8.13. The van der Waals surface area contributed by atoms with Gasteiger partial charge in [0.05, 0.1) is 25.4 Å². The van der Waals surface area contributed by atoms with Crippen molar-refractivity contribution in [1.82, 2.24) is 4.90 Å². The summed E-state index contributed by atoms with van der Waals surface area (Å²) in [5, 5.41) is 9.61. The number of aliphatic hydroxyl groups is 1. The lowest BCUT2D eigenvalue weighted by Crippen LogP contribution is -2.39. The van der Waals surface area contributed by atoms with Crippen LogP contribution in [-0.4, -0.2) is 48.3 Å². The molecular formula is C18H25NO4. The highest BCUT2D eigenvalue weighted by Crippen LogP contribution is 2.24. The fraction of sp³-hybridized carbons (Fsp3) is 0.500. The number of ether oxygens (including phenoxy) is 1. The lowest BCUT2D eigenvalue weighted by molar-refractivity contribution is 0.0507. The Morgan fingerprint density at radius 2 is 2.13 bits per heavy atom. The van der Waals surface area contributed by atoms with Crippen molar-refractivity contribution in [1.29, 1.82) is 0 Å². The summed E-state index contributed by atoms with van der Waals surface area (Å²) in [6, 6.07) is 6.00. The Hall–Kier alpha value is -1.85. The number of nitrogens with zero attached hydrogens (tertiary/aromatic N) is 1. The number of carbonyl (C=O) groups excluding carboxylic acids is 1. The molecule has 0 bridgehead atoms. The first-order chi connectivity index (χ1) is 11.1. The van der Waals surface area contributed by atoms with Crippen molar-refractivity contribution in [3.63, 3.8) is 0 Å². The Bertz CT molecular complexity index is 648. The summed E-state index contributed by atoms with van der Waals surface area (Å²) in [7, 11) is 0. The molecule has 1 amide bonds. The van der Waals surface area contributed by atoms with Crippen molar-refractivity contribution in [3.05, 3.63) is 35.6 Å². The molecule has 0 atom stereocenters. The molecule has 0 unspecified atom stereocenters. The van der Waals surface area contributed by atoms with E-state index in [0.717, 1.165) is 17.4 Å². The van der Waals surface area contributed by atoms with Gasteiger partial charge in [0.1, 0.15) is 11.8 Å². The molecule has 1 aromatic carbocycles. The molecule has 2 aromatic rings. The van der Waals surface area contributed by atoms with E-state index in [4.69, 9.17) is 14.3 Å². The highest BCUT2D eigenvalue weighted by molar-refractivity contribution is 6.06. The number of aliphatic hydroxyl groups excluding tert-OH is 1. The fourth-order valence-electron chi connectivity index (χ4n) is 2.54. The van der Waals surface area contributed by atoms with Gasteiger partial charge in [-0.25, -0.2) is 0 Å². The van der Waals surface area contributed by atoms with Gasteiger partial charge in [-0.3, -0.25) is 4.79 Å². The monoisotopic (exact) mass is 319 g/mol. The zero-order valence-corrected chi connectivity index (χ0v) is 14.0. The number of aryl methyl sites for hydroxylation is 1. The summed E-state index contributed by atoms with van der Waals surface area (Å²) in [4.78, 5) is 14.6. The highest BCUT2D eigenvalue weighted by Gasteiger charge is 2.22. The van der Waals surface area contributed by atoms with Gasteiger partial charge in [0.2, 0.25) is 0 Å². The Morgan fingerprint density at radius 3 is 2.78 bits per heavy atom. The van der Waals surface area contributed by atoms with E-state index in [1.807, 2.05) is 32.0 Å². The Kier molecular flexibility index (Phi) is 6.19. The molecule has 5 nitrogen and oxygen atoms in total. The molecule has 0 fully saturated rings. The van der Waals surface area contributed by atoms with Crippen LogP contribution in [0.5, 0.6) is 0 Å². The van der Waals surface area contributed by atoms with Gasteiger partial charge in [0, 0.05) is 18.0 Å². The molecule has 0 saturated carbocycles. The van der Waals surface area contributed by atoms with Crippen LogP contribution in [0.3, 0.4) is 0 Å². The number of hydrogen-bond acceptors (Lipinski definition) is 4. The lowest BCUT2D eigenvalue weighted by Gasteiger charge is -2.26. The SMILES string of the molecule is CCc1ccc2occ(C(=O)N(CCOCCO)C(C)C)c2c1. The molecule has 1 aromatic heterocycles. The zero-order valence-electron chi connectivity index (χ0n) is 14.0. The average molecular weight is 319 g/mol. The number of fused-ring (bicyclic) bond motifs is 1. The van der Waals surface area contributed by atoms with Crippen LogP contribution in [0.2, 0.25) is 0 Å². The van der Waals surface area contributed by atoms with Crippen LogP contribution in [0.15, 0.2) is 28.9 Å². The van der Waals surface area contributed by atoms with Crippen molar-refractivity contribution >= 4 is 16.9 Å². The first-order valence-corrected chi connectivity index (χ1v) is 8.08. The van der Waals surface area contributed by atoms with Crippen LogP contribution in [-0.2, 0) is 11.2 Å². The Morgan fingerprint density at radius 1 is 1.35 bits per heavy atom. The topological polar surface area (TPSA) is 62.9 Å². The summed E-state index contributed by atoms with van der Waals surface area (Å²) >= 11 is 0. The third kappa shape index (κ3) is 4.12. The normalized spacial score (nSPS) is 11.3. The van der Waals surface area contributed by atoms with Gasteiger partial charge in [0.15, 0.2) is 0 Å². The predicted molar refractivity (Wildman–Crippen MR) is 89.7 cm³/mol. The molecule has 0 aliphatic carbocycles. The van der Waals surface area contributed by atoms with Crippen LogP contribution in [0.25, 0.3) is 11.0 Å². The number of amides is 1. The molecule has 5 heteroatoms. The van der Waals surface area contributed by atoms with Crippen LogP contribution in [0.4, 0.5) is 0 Å². The van der Waals surface area contributed by atoms with E-state index in [1.54, 1.807) is 4.90 Å². The van der Waals surface area contributed by atoms with E-state index in [2.05, 4.69) is 6.92 Å². The minimum absolute atomic E-state index is 0.0121. The third-order valence-corrected chi connectivity index (χ3v) is 3.87. The smallest absolute Gasteiger partial charge is 0.258 e. The van der Waals surface area contributed by atoms with E-state index < -0.39 is 0 Å². The minimum Gasteiger partial charge on any atom is -0.463 e. The first-order valence-electron chi connectivity index (χ1n) is 8.08. The quantitative estimate of drug-likeness (QED) is 0.760. The maximum absolute atomic E-state index is 12.9. The summed E-state index contributed by atoms with van der Waals surface area (Å²) in [5.74, 6) is -0.0559. The van der Waals surface area contributed by atoms with Gasteiger partial charge in [-0.1, -0.05) is 13.0 Å². The fourth-order valence-corrected chi connectivity index (χ4v) is 2.54. The largest absolute Gasteiger partial charge is 0.463 e. The van der Waals surface area contributed by atoms with Gasteiger partial charge in [0.25, 0.3) is 5.91 Å². The van der Waals surface area contributed by atoms with Crippen LogP contribution in [0, 0.1) is 0 Å². The van der Waals surface area contributed by atoms with E-state index in [9.17, 15) is 4.79 Å². The maximum Gasteiger partial charge on any atom is 0.258 e. The van der Waals surface area contributed by atoms with Gasteiger partial charge >= 0.3 is 0 Å². The molecule has 23 heavy (non-hydrogen) atoms. The highest BCUT2D eigenvalue weighted by atomic mass is 16.5. The van der Waals surface area contributed by atoms with Crippen molar-refractivity contribution in [2.75, 3.05) is 26.4 Å². The van der Waals surface area contributed by atoms with Crippen LogP contribution >= 0.6 is 0 Å². The van der Waals surface area contributed by atoms with Crippen LogP contribution < -0.4 is 0 Å². The van der Waals surface area contributed by atoms with Gasteiger partial charge in [-0.05, 0) is 38.0 Å². The molecule has 0 aliphatic rings. The summed E-state index contributed by atoms with van der Waals surface area (Å²) in [6.45, 7) is 7.20. The molecule has 126 valence electrons. The Labute approximate surface area is 136 Å². The summed E-state index contributed by atoms with van der Waals surface area (Å²) in [5.41, 5.74) is 2.49. The number of benzene rings is 1. The second-order valence-corrected chi connectivity index (χ2v) is 5.76. The van der Waals surface area contributed by atoms with Crippen molar-refractivity contribution in [3.8, 4) is 0 Å². The summed E-state index contributed by atoms with van der Waals surface area (Å²) < 4.78 is 10.8. The van der Waals surface area contributed by atoms with Gasteiger partial charge in [-0.15, -0.1) is 0 Å². The average Bonchev–Trinajstić information content (AvgIpc) is 2.96. The zero-order chi connectivity index (χ0) is 16.8. The molecule has 1 N–H and O–H groups in total. The van der Waals surface area contributed by atoms with Crippen molar-refractivity contribution in [2.45, 2.75) is 33.2 Å². The molecule has 0 saturated heterocycles. The molecule has 0 spiro atoms. The van der Waals surface area contributed by atoms with E-state index in [1.165, 1.54) is 11.8 Å². The van der Waals surface area contributed by atoms with Crippen molar-refractivity contribution in [2.24, 2.45) is 0 Å². The number of carbonyl (C=O) groups is 1. The first kappa shape index (κ1) is 17.5. The maximum atomic E-state index is 12.9. The third-order valence-electron chi connectivity index (χ3n) is 3.87. The van der Waals surface area contributed by atoms with Crippen molar-refractivity contribution < 1.29 is 19.1 Å². The number of furan rings is 1. The van der Waals surface area contributed by atoms with Gasteiger partial charge in [-0.2, -0.15) is 0 Å². The Balaban J connectivity index is 2.22. The van der Waals surface area contributed by atoms with Gasteiger partial charge < -0.3 is 19.2 Å².